The molecule has 1 N–H and O–H groups in total. The lowest BCUT2D eigenvalue weighted by Crippen LogP contribution is -2.14. The second-order valence-corrected chi connectivity index (χ2v) is 7.15. The first-order valence-corrected chi connectivity index (χ1v) is 9.93. The van der Waals surface area contributed by atoms with Crippen molar-refractivity contribution in [3.8, 4) is 17.6 Å². The highest BCUT2D eigenvalue weighted by Crippen LogP contribution is 2.23. The number of pyridine rings is 1. The third kappa shape index (κ3) is 6.02. The van der Waals surface area contributed by atoms with E-state index in [9.17, 15) is 4.79 Å². The van der Waals surface area contributed by atoms with Gasteiger partial charge in [0.15, 0.2) is 11.6 Å². The minimum Gasteiger partial charge on any atom is -0.490 e. The van der Waals surface area contributed by atoms with Gasteiger partial charge in [0.1, 0.15) is 12.4 Å². The van der Waals surface area contributed by atoms with Gasteiger partial charge in [-0.05, 0) is 43.7 Å². The maximum absolute atomic E-state index is 12.7. The number of aromatic nitrogens is 2. The lowest BCUT2D eigenvalue weighted by Gasteiger charge is -2.11. The van der Waals surface area contributed by atoms with Crippen LogP contribution in [0.25, 0.3) is 0 Å². The zero-order valence-electron chi connectivity index (χ0n) is 15.9. The number of anilines is 1. The summed E-state index contributed by atoms with van der Waals surface area (Å²) in [4.78, 5) is 21.2. The number of rotatable bonds is 9. The average Bonchev–Trinajstić information content (AvgIpc) is 3.16. The number of thiazole rings is 1. The van der Waals surface area contributed by atoms with E-state index in [1.807, 2.05) is 12.3 Å². The second kappa shape index (κ2) is 10.2. The molecule has 148 valence electrons. The van der Waals surface area contributed by atoms with Crippen LogP contribution >= 0.6 is 11.3 Å². The minimum absolute atomic E-state index is 0.319. The maximum Gasteiger partial charge on any atom is 0.257 e. The van der Waals surface area contributed by atoms with Crippen molar-refractivity contribution in [2.45, 2.75) is 26.4 Å². The zero-order chi connectivity index (χ0) is 20.5. The quantitative estimate of drug-likeness (QED) is 0.528. The Morgan fingerprint density at radius 2 is 2.17 bits per heavy atom. The van der Waals surface area contributed by atoms with Crippen LogP contribution in [0.15, 0.2) is 48.0 Å². The van der Waals surface area contributed by atoms with Crippen molar-refractivity contribution >= 4 is 23.1 Å². The normalized spacial score (nSPS) is 10.2. The average molecular weight is 408 g/mol. The van der Waals surface area contributed by atoms with Gasteiger partial charge in [-0.2, -0.15) is 5.26 Å². The molecule has 0 fully saturated rings. The smallest absolute Gasteiger partial charge is 0.257 e. The van der Waals surface area contributed by atoms with E-state index < -0.39 is 0 Å². The first kappa shape index (κ1) is 20.3. The largest absolute Gasteiger partial charge is 0.490 e. The Bertz CT molecular complexity index is 1010. The van der Waals surface area contributed by atoms with E-state index in [4.69, 9.17) is 14.7 Å². The van der Waals surface area contributed by atoms with Gasteiger partial charge >= 0.3 is 0 Å². The summed E-state index contributed by atoms with van der Waals surface area (Å²) in [7, 11) is 0. The highest BCUT2D eigenvalue weighted by Gasteiger charge is 2.12. The highest BCUT2D eigenvalue weighted by atomic mass is 32.1. The van der Waals surface area contributed by atoms with Crippen LogP contribution in [0.4, 0.5) is 5.82 Å². The van der Waals surface area contributed by atoms with Crippen molar-refractivity contribution in [3.05, 3.63) is 64.2 Å². The highest BCUT2D eigenvalue weighted by molar-refractivity contribution is 7.09. The van der Waals surface area contributed by atoms with Crippen LogP contribution in [-0.2, 0) is 6.61 Å². The molecule has 2 aromatic heterocycles. The molecule has 0 saturated carbocycles. The molecule has 0 saturated heterocycles. The van der Waals surface area contributed by atoms with E-state index in [1.165, 1.54) is 0 Å². The number of carbonyl (C=O) groups excluding carboxylic acids is 1. The Hall–Kier alpha value is -3.44. The number of nitrogens with zero attached hydrogens (tertiary/aromatic N) is 3. The van der Waals surface area contributed by atoms with Gasteiger partial charge in [0.05, 0.1) is 23.4 Å². The van der Waals surface area contributed by atoms with Gasteiger partial charge in [0.2, 0.25) is 0 Å². The van der Waals surface area contributed by atoms with Crippen molar-refractivity contribution in [2.24, 2.45) is 0 Å². The van der Waals surface area contributed by atoms with Gasteiger partial charge < -0.3 is 14.8 Å². The number of hydrogen-bond donors (Lipinski definition) is 1. The predicted molar refractivity (Wildman–Crippen MR) is 110 cm³/mol. The monoisotopic (exact) mass is 408 g/mol. The van der Waals surface area contributed by atoms with Gasteiger partial charge in [-0.3, -0.25) is 4.79 Å². The lowest BCUT2D eigenvalue weighted by atomic mass is 10.2. The number of hydrogen-bond acceptors (Lipinski definition) is 7. The number of aryl methyl sites for hydroxylation is 1. The summed E-state index contributed by atoms with van der Waals surface area (Å²) in [6.07, 6.45) is 2.60. The molecule has 1 aromatic carbocycles. The van der Waals surface area contributed by atoms with Gasteiger partial charge in [-0.25, -0.2) is 9.97 Å². The molecule has 0 radical (unpaired) electrons. The molecule has 0 bridgehead atoms. The molecule has 0 spiro atoms. The fraction of sp³-hybridized carbons (Fsp3) is 0.238. The summed E-state index contributed by atoms with van der Waals surface area (Å²) in [5.41, 5.74) is 1.30. The first-order chi connectivity index (χ1) is 14.2. The zero-order valence-corrected chi connectivity index (χ0v) is 16.7. The van der Waals surface area contributed by atoms with Crippen LogP contribution in [0.2, 0.25) is 0 Å². The Morgan fingerprint density at radius 1 is 1.28 bits per heavy atom. The SMILES string of the molecule is Cc1nc(COc2cccc(C(=O)Nc3ncccc3OCCCC#N)c2)cs1. The van der Waals surface area contributed by atoms with Crippen LogP contribution in [0.5, 0.6) is 11.5 Å². The molecule has 8 heteroatoms. The molecular formula is C21H20N4O3S. The molecule has 3 aromatic rings. The molecule has 0 aliphatic heterocycles. The molecule has 1 amide bonds. The van der Waals surface area contributed by atoms with Gasteiger partial charge in [-0.1, -0.05) is 6.07 Å². The Kier molecular flexibility index (Phi) is 7.14. The summed E-state index contributed by atoms with van der Waals surface area (Å²) in [5.74, 6) is 1.06. The summed E-state index contributed by atoms with van der Waals surface area (Å²) < 4.78 is 11.4. The van der Waals surface area contributed by atoms with E-state index in [0.717, 1.165) is 10.7 Å². The predicted octanol–water partition coefficient (Wildman–Crippen LogP) is 4.36. The fourth-order valence-electron chi connectivity index (χ4n) is 2.47. The van der Waals surface area contributed by atoms with E-state index in [1.54, 1.807) is 53.9 Å². The summed E-state index contributed by atoms with van der Waals surface area (Å²) in [6, 6.07) is 12.4. The molecule has 0 atom stereocenters. The molecule has 0 unspecified atom stereocenters. The standard InChI is InChI=1S/C21H20N4O3S/c1-15-24-17(14-29-15)13-28-18-7-4-6-16(12-18)21(26)25-20-19(8-5-10-23-20)27-11-3-2-9-22/h4-8,10,12,14H,2-3,11,13H2,1H3,(H,23,25,26). The van der Waals surface area contributed by atoms with E-state index in [-0.39, 0.29) is 5.91 Å². The molecule has 7 nitrogen and oxygen atoms in total. The number of unbranched alkanes of at least 4 members (excludes halogenated alkanes) is 1. The van der Waals surface area contributed by atoms with E-state index in [0.29, 0.717) is 48.9 Å². The summed E-state index contributed by atoms with van der Waals surface area (Å²) >= 11 is 1.57. The number of ether oxygens (including phenoxy) is 2. The van der Waals surface area contributed by atoms with Crippen molar-refractivity contribution in [3.63, 3.8) is 0 Å². The van der Waals surface area contributed by atoms with Crippen molar-refractivity contribution < 1.29 is 14.3 Å². The first-order valence-electron chi connectivity index (χ1n) is 9.05. The lowest BCUT2D eigenvalue weighted by molar-refractivity contribution is 0.102. The van der Waals surface area contributed by atoms with Gasteiger partial charge in [0.25, 0.3) is 5.91 Å². The second-order valence-electron chi connectivity index (χ2n) is 6.09. The van der Waals surface area contributed by atoms with Crippen molar-refractivity contribution in [2.75, 3.05) is 11.9 Å². The molecular weight excluding hydrogens is 388 g/mol. The van der Waals surface area contributed by atoms with Crippen molar-refractivity contribution in [1.29, 1.82) is 5.26 Å². The number of amides is 1. The number of carbonyl (C=O) groups is 1. The third-order valence-electron chi connectivity index (χ3n) is 3.84. The van der Waals surface area contributed by atoms with Gasteiger partial charge in [-0.15, -0.1) is 11.3 Å². The number of nitriles is 1. The van der Waals surface area contributed by atoms with Crippen LogP contribution in [0, 0.1) is 18.3 Å². The molecule has 3 rings (SSSR count). The number of nitrogens with one attached hydrogen (secondary N) is 1. The summed E-state index contributed by atoms with van der Waals surface area (Å²) in [5, 5.41) is 14.3. The van der Waals surface area contributed by atoms with Gasteiger partial charge in [0, 0.05) is 23.6 Å². The molecule has 2 heterocycles. The molecule has 0 aliphatic carbocycles. The minimum atomic E-state index is -0.319. The summed E-state index contributed by atoms with van der Waals surface area (Å²) in [6.45, 7) is 2.66. The van der Waals surface area contributed by atoms with Crippen LogP contribution in [0.3, 0.4) is 0 Å². The fourth-order valence-corrected chi connectivity index (χ4v) is 3.07. The topological polar surface area (TPSA) is 97.1 Å². The van der Waals surface area contributed by atoms with E-state index in [2.05, 4.69) is 21.4 Å². The Morgan fingerprint density at radius 3 is 2.97 bits per heavy atom. The molecule has 29 heavy (non-hydrogen) atoms. The van der Waals surface area contributed by atoms with Crippen LogP contribution in [-0.4, -0.2) is 22.5 Å². The van der Waals surface area contributed by atoms with E-state index >= 15 is 0 Å². The Balaban J connectivity index is 1.63. The number of benzene rings is 1. The van der Waals surface area contributed by atoms with Crippen LogP contribution in [0.1, 0.15) is 33.9 Å². The Labute approximate surface area is 173 Å². The third-order valence-corrected chi connectivity index (χ3v) is 4.66. The van der Waals surface area contributed by atoms with Crippen LogP contribution < -0.4 is 14.8 Å². The maximum atomic E-state index is 12.7. The molecule has 0 aliphatic rings. The van der Waals surface area contributed by atoms with Crippen molar-refractivity contribution in [1.82, 2.24) is 9.97 Å².